The molecule has 0 aliphatic carbocycles. The Morgan fingerprint density at radius 1 is 1.26 bits per heavy atom. The van der Waals surface area contributed by atoms with Crippen molar-refractivity contribution in [3.05, 3.63) is 65.6 Å². The summed E-state index contributed by atoms with van der Waals surface area (Å²) in [6, 6.07) is 7.36. The van der Waals surface area contributed by atoms with Crippen molar-refractivity contribution in [3.63, 3.8) is 0 Å². The summed E-state index contributed by atoms with van der Waals surface area (Å²) in [5, 5.41) is 10.2. The van der Waals surface area contributed by atoms with Gasteiger partial charge < -0.3 is 10.1 Å². The van der Waals surface area contributed by atoms with Crippen LogP contribution in [0.2, 0.25) is 0 Å². The molecule has 8 nitrogen and oxygen atoms in total. The highest BCUT2D eigenvalue weighted by molar-refractivity contribution is 6.07. The average molecular weight is 365 g/mol. The van der Waals surface area contributed by atoms with E-state index in [1.54, 1.807) is 6.07 Å². The second kappa shape index (κ2) is 7.45. The van der Waals surface area contributed by atoms with Crippen molar-refractivity contribution < 1.29 is 18.7 Å². The van der Waals surface area contributed by atoms with E-state index in [-0.39, 0.29) is 22.8 Å². The van der Waals surface area contributed by atoms with E-state index in [4.69, 9.17) is 11.2 Å². The lowest BCUT2D eigenvalue weighted by Gasteiger charge is -2.10. The Kier molecular flexibility index (Phi) is 4.90. The van der Waals surface area contributed by atoms with Crippen molar-refractivity contribution in [3.8, 4) is 18.2 Å². The molecule has 0 saturated carbocycles. The summed E-state index contributed by atoms with van der Waals surface area (Å²) in [7, 11) is 1.23. The smallest absolute Gasteiger partial charge is 0.339 e. The third-order valence-electron chi connectivity index (χ3n) is 3.54. The van der Waals surface area contributed by atoms with Crippen molar-refractivity contribution in [1.29, 1.82) is 0 Å². The van der Waals surface area contributed by atoms with Crippen molar-refractivity contribution >= 4 is 17.6 Å². The number of nitrogens with one attached hydrogen (secondary N) is 1. The van der Waals surface area contributed by atoms with Crippen LogP contribution in [0.5, 0.6) is 0 Å². The number of hydrogen-bond donors (Lipinski definition) is 1. The zero-order valence-electron chi connectivity index (χ0n) is 14.0. The van der Waals surface area contributed by atoms with Crippen LogP contribution in [-0.4, -0.2) is 38.7 Å². The van der Waals surface area contributed by atoms with Crippen molar-refractivity contribution in [2.75, 3.05) is 12.4 Å². The Hall–Kier alpha value is -4.06. The Morgan fingerprint density at radius 3 is 2.67 bits per heavy atom. The van der Waals surface area contributed by atoms with Crippen molar-refractivity contribution in [1.82, 2.24) is 19.7 Å². The third kappa shape index (κ3) is 3.80. The second-order valence-corrected chi connectivity index (χ2v) is 5.23. The number of terminal acetylenes is 1. The molecule has 0 aliphatic heterocycles. The van der Waals surface area contributed by atoms with E-state index in [2.05, 4.69) is 26.4 Å². The van der Waals surface area contributed by atoms with E-state index in [1.807, 2.05) is 0 Å². The number of carbonyl (C=O) groups excluding carboxylic acids is 2. The molecule has 3 rings (SSSR count). The molecule has 3 aromatic rings. The molecule has 134 valence electrons. The van der Waals surface area contributed by atoms with Gasteiger partial charge in [-0.1, -0.05) is 5.92 Å². The topological polar surface area (TPSA) is 99.0 Å². The van der Waals surface area contributed by atoms with Gasteiger partial charge in [-0.15, -0.1) is 16.6 Å². The average Bonchev–Trinajstić information content (AvgIpc) is 3.13. The number of nitrogens with zero attached hydrogens (tertiary/aromatic N) is 4. The number of halogens is 1. The van der Waals surface area contributed by atoms with E-state index in [1.165, 1.54) is 42.3 Å². The highest BCUT2D eigenvalue weighted by Crippen LogP contribution is 2.19. The fourth-order valence-corrected chi connectivity index (χ4v) is 2.22. The molecule has 2 aromatic heterocycles. The number of hydrogen-bond acceptors (Lipinski definition) is 6. The van der Waals surface area contributed by atoms with E-state index in [0.717, 1.165) is 6.20 Å². The molecule has 1 N–H and O–H groups in total. The minimum Gasteiger partial charge on any atom is -0.465 e. The van der Waals surface area contributed by atoms with Gasteiger partial charge in [0.2, 0.25) is 5.95 Å². The summed E-state index contributed by atoms with van der Waals surface area (Å²) in [5.41, 5.74) is 0.788. The zero-order chi connectivity index (χ0) is 19.4. The lowest BCUT2D eigenvalue weighted by atomic mass is 10.1. The van der Waals surface area contributed by atoms with Crippen LogP contribution in [0.3, 0.4) is 0 Å². The highest BCUT2D eigenvalue weighted by atomic mass is 19.1. The van der Waals surface area contributed by atoms with E-state index < -0.39 is 17.8 Å². The van der Waals surface area contributed by atoms with E-state index in [9.17, 15) is 14.0 Å². The molecular formula is C18H12FN5O3. The van der Waals surface area contributed by atoms with Gasteiger partial charge in [0.15, 0.2) is 11.5 Å². The van der Waals surface area contributed by atoms with E-state index >= 15 is 0 Å². The van der Waals surface area contributed by atoms with Crippen LogP contribution < -0.4 is 5.32 Å². The van der Waals surface area contributed by atoms with Gasteiger partial charge in [-0.2, -0.15) is 4.39 Å². The molecule has 0 unspecified atom stereocenters. The van der Waals surface area contributed by atoms with Gasteiger partial charge in [0.1, 0.15) is 6.33 Å². The largest absolute Gasteiger partial charge is 0.465 e. The number of carbonyl (C=O) groups is 2. The molecule has 0 radical (unpaired) electrons. The number of ether oxygens (including phenoxy) is 1. The highest BCUT2D eigenvalue weighted by Gasteiger charge is 2.16. The number of imidazole rings is 1. The third-order valence-corrected chi connectivity index (χ3v) is 3.54. The number of benzene rings is 1. The molecule has 0 saturated heterocycles. The lowest BCUT2D eigenvalue weighted by molar-refractivity contribution is 0.0602. The molecule has 1 aromatic carbocycles. The summed E-state index contributed by atoms with van der Waals surface area (Å²) in [6.07, 6.45) is 7.71. The molecule has 27 heavy (non-hydrogen) atoms. The molecule has 2 heterocycles. The SMILES string of the molecule is C#Cc1ccc(C(=O)OC)c(NC(=O)c2ccc(-n3cnc(F)c3)nn2)c1. The van der Waals surface area contributed by atoms with Gasteiger partial charge in [0.25, 0.3) is 5.91 Å². The van der Waals surface area contributed by atoms with Crippen LogP contribution in [-0.2, 0) is 4.74 Å². The Bertz CT molecular complexity index is 1050. The van der Waals surface area contributed by atoms with Gasteiger partial charge >= 0.3 is 5.97 Å². The summed E-state index contributed by atoms with van der Waals surface area (Å²) < 4.78 is 19.0. The summed E-state index contributed by atoms with van der Waals surface area (Å²) in [6.45, 7) is 0. The number of amides is 1. The maximum atomic E-state index is 13.0. The minimum absolute atomic E-state index is 0.0127. The van der Waals surface area contributed by atoms with Gasteiger partial charge in [-0.3, -0.25) is 9.36 Å². The Labute approximate surface area is 153 Å². The Balaban J connectivity index is 1.85. The quantitative estimate of drug-likeness (QED) is 0.559. The normalized spacial score (nSPS) is 10.1. The van der Waals surface area contributed by atoms with E-state index in [0.29, 0.717) is 5.56 Å². The first-order valence-electron chi connectivity index (χ1n) is 7.55. The number of methoxy groups -OCH3 is 1. The van der Waals surface area contributed by atoms with Crippen LogP contribution >= 0.6 is 0 Å². The predicted octanol–water partition coefficient (Wildman–Crippen LogP) is 1.82. The molecule has 0 bridgehead atoms. The lowest BCUT2D eigenvalue weighted by Crippen LogP contribution is -2.17. The van der Waals surface area contributed by atoms with Crippen LogP contribution in [0.25, 0.3) is 5.82 Å². The molecular weight excluding hydrogens is 353 g/mol. The first kappa shape index (κ1) is 17.8. The van der Waals surface area contributed by atoms with Gasteiger partial charge in [0.05, 0.1) is 24.6 Å². The second-order valence-electron chi connectivity index (χ2n) is 5.23. The number of esters is 1. The summed E-state index contributed by atoms with van der Waals surface area (Å²) in [5.74, 6) is 0.808. The Morgan fingerprint density at radius 2 is 2.07 bits per heavy atom. The number of aromatic nitrogens is 4. The predicted molar refractivity (Wildman–Crippen MR) is 92.8 cm³/mol. The zero-order valence-corrected chi connectivity index (χ0v) is 14.0. The van der Waals surface area contributed by atoms with Gasteiger partial charge in [0, 0.05) is 5.56 Å². The van der Waals surface area contributed by atoms with Crippen LogP contribution in [0.4, 0.5) is 10.1 Å². The van der Waals surface area contributed by atoms with Crippen LogP contribution in [0.15, 0.2) is 42.9 Å². The minimum atomic E-state index is -0.664. The first-order valence-corrected chi connectivity index (χ1v) is 7.55. The fraction of sp³-hybridized carbons (Fsp3) is 0.0556. The molecule has 0 fully saturated rings. The van der Waals surface area contributed by atoms with Crippen LogP contribution in [0.1, 0.15) is 26.4 Å². The molecule has 0 spiro atoms. The maximum Gasteiger partial charge on any atom is 0.339 e. The van der Waals surface area contributed by atoms with Crippen molar-refractivity contribution in [2.45, 2.75) is 0 Å². The molecule has 1 amide bonds. The fourth-order valence-electron chi connectivity index (χ4n) is 2.22. The summed E-state index contributed by atoms with van der Waals surface area (Å²) in [4.78, 5) is 27.7. The molecule has 9 heteroatoms. The maximum absolute atomic E-state index is 13.0. The summed E-state index contributed by atoms with van der Waals surface area (Å²) >= 11 is 0. The molecule has 0 atom stereocenters. The van der Waals surface area contributed by atoms with Gasteiger partial charge in [-0.25, -0.2) is 9.78 Å². The van der Waals surface area contributed by atoms with Crippen molar-refractivity contribution in [2.24, 2.45) is 0 Å². The standard InChI is InChI=1S/C18H12FN5O3/c1-3-11-4-5-12(18(26)27-2)14(8-11)21-17(25)13-6-7-16(23-22-13)24-9-15(19)20-10-24/h1,4-10H,2H3,(H,21,25). The monoisotopic (exact) mass is 365 g/mol. The number of rotatable bonds is 4. The molecule has 0 aliphatic rings. The van der Waals surface area contributed by atoms with Gasteiger partial charge in [-0.05, 0) is 30.3 Å². The van der Waals surface area contributed by atoms with Crippen LogP contribution in [0, 0.1) is 18.3 Å². The first-order chi connectivity index (χ1) is 13.0. The number of anilines is 1.